The molecule has 3 aromatic rings. The van der Waals surface area contributed by atoms with Gasteiger partial charge in [-0.15, -0.1) is 0 Å². The van der Waals surface area contributed by atoms with Crippen LogP contribution in [0, 0.1) is 10.1 Å². The second-order valence-corrected chi connectivity index (χ2v) is 6.63. The fourth-order valence-electron chi connectivity index (χ4n) is 3.81. The van der Waals surface area contributed by atoms with Crippen LogP contribution in [0.25, 0.3) is 16.7 Å². The Morgan fingerprint density at radius 2 is 1.77 bits per heavy atom. The van der Waals surface area contributed by atoms with Crippen LogP contribution in [-0.2, 0) is 0 Å². The van der Waals surface area contributed by atoms with Crippen molar-refractivity contribution < 1.29 is 4.92 Å². The quantitative estimate of drug-likeness (QED) is 0.444. The van der Waals surface area contributed by atoms with Gasteiger partial charge in [-0.05, 0) is 31.0 Å². The Morgan fingerprint density at radius 3 is 2.42 bits per heavy atom. The summed E-state index contributed by atoms with van der Waals surface area (Å²) in [5.41, 5.74) is -0.275. The molecule has 0 atom stereocenters. The zero-order valence-corrected chi connectivity index (χ0v) is 14.1. The topological polar surface area (TPSA) is 103 Å². The van der Waals surface area contributed by atoms with Gasteiger partial charge in [0.1, 0.15) is 5.69 Å². The number of benzene rings is 1. The van der Waals surface area contributed by atoms with Crippen molar-refractivity contribution >= 4 is 16.7 Å². The third-order valence-corrected chi connectivity index (χ3v) is 5.03. The number of nitrogens with one attached hydrogen (secondary N) is 1. The molecule has 0 radical (unpaired) electrons. The molecular weight excluding hydrogens is 336 g/mol. The molecule has 2 heterocycles. The van der Waals surface area contributed by atoms with E-state index < -0.39 is 16.0 Å². The van der Waals surface area contributed by atoms with Crippen LogP contribution in [0.2, 0.25) is 0 Å². The van der Waals surface area contributed by atoms with Gasteiger partial charge in [-0.25, -0.2) is 0 Å². The van der Waals surface area contributed by atoms with Gasteiger partial charge in [-0.3, -0.25) is 24.3 Å². The molecule has 0 bridgehead atoms. The number of H-pyrrole nitrogens is 1. The third kappa shape index (κ3) is 2.63. The predicted octanol–water partition coefficient (Wildman–Crippen LogP) is 2.89. The Bertz CT molecular complexity index is 1090. The lowest BCUT2D eigenvalue weighted by Gasteiger charge is -2.25. The molecule has 0 aliphatic heterocycles. The summed E-state index contributed by atoms with van der Waals surface area (Å²) in [7, 11) is 0. The molecule has 0 unspecified atom stereocenters. The molecule has 1 saturated carbocycles. The van der Waals surface area contributed by atoms with Crippen LogP contribution in [-0.4, -0.2) is 19.0 Å². The Hall–Kier alpha value is -3.16. The molecular formula is C18H18N4O4. The van der Waals surface area contributed by atoms with Gasteiger partial charge in [0.15, 0.2) is 0 Å². The van der Waals surface area contributed by atoms with Crippen LogP contribution >= 0.6 is 0 Å². The van der Waals surface area contributed by atoms with Crippen molar-refractivity contribution in [1.29, 1.82) is 0 Å². The SMILES string of the molecule is O=c1[nH]c2cc([N+](=O)[O-])c(-n3cccc3)cc2n(C2CCCCC2)c1=O. The molecule has 1 fully saturated rings. The molecule has 2 aromatic heterocycles. The predicted molar refractivity (Wildman–Crippen MR) is 96.9 cm³/mol. The lowest BCUT2D eigenvalue weighted by atomic mass is 9.95. The van der Waals surface area contributed by atoms with E-state index in [9.17, 15) is 19.7 Å². The van der Waals surface area contributed by atoms with Crippen molar-refractivity contribution in [2.75, 3.05) is 0 Å². The minimum atomic E-state index is -0.744. The maximum Gasteiger partial charge on any atom is 0.316 e. The average molecular weight is 354 g/mol. The van der Waals surface area contributed by atoms with Crippen molar-refractivity contribution in [2.45, 2.75) is 38.1 Å². The minimum absolute atomic E-state index is 0.0555. The highest BCUT2D eigenvalue weighted by molar-refractivity contribution is 5.82. The molecule has 26 heavy (non-hydrogen) atoms. The first-order valence-corrected chi connectivity index (χ1v) is 8.66. The summed E-state index contributed by atoms with van der Waals surface area (Å²) in [6.45, 7) is 0. The fraction of sp³-hybridized carbons (Fsp3) is 0.333. The van der Waals surface area contributed by atoms with Gasteiger partial charge in [0.2, 0.25) is 0 Å². The molecule has 1 aliphatic rings. The van der Waals surface area contributed by atoms with E-state index in [0.29, 0.717) is 16.7 Å². The van der Waals surface area contributed by atoms with E-state index in [2.05, 4.69) is 4.98 Å². The third-order valence-electron chi connectivity index (χ3n) is 5.03. The summed E-state index contributed by atoms with van der Waals surface area (Å²) in [6, 6.07) is 6.45. The number of hydrogen-bond donors (Lipinski definition) is 1. The molecule has 0 amide bonds. The highest BCUT2D eigenvalue weighted by Gasteiger charge is 2.23. The van der Waals surface area contributed by atoms with Gasteiger partial charge < -0.3 is 9.55 Å². The monoisotopic (exact) mass is 354 g/mol. The first-order chi connectivity index (χ1) is 12.6. The lowest BCUT2D eigenvalue weighted by Crippen LogP contribution is -2.39. The summed E-state index contributed by atoms with van der Waals surface area (Å²) < 4.78 is 3.17. The first kappa shape index (κ1) is 16.3. The highest BCUT2D eigenvalue weighted by Crippen LogP contribution is 2.32. The molecule has 134 valence electrons. The van der Waals surface area contributed by atoms with Gasteiger partial charge in [0, 0.05) is 24.5 Å². The highest BCUT2D eigenvalue weighted by atomic mass is 16.6. The zero-order chi connectivity index (χ0) is 18.3. The number of aromatic nitrogens is 3. The van der Waals surface area contributed by atoms with Crippen molar-refractivity contribution in [3.05, 3.63) is 67.5 Å². The Labute approximate surface area is 147 Å². The molecule has 1 aliphatic carbocycles. The molecule has 8 nitrogen and oxygen atoms in total. The number of nitrogens with zero attached hydrogens (tertiary/aromatic N) is 3. The smallest absolute Gasteiger partial charge is 0.316 e. The number of rotatable bonds is 3. The van der Waals surface area contributed by atoms with E-state index in [4.69, 9.17) is 0 Å². The van der Waals surface area contributed by atoms with E-state index in [-0.39, 0.29) is 11.7 Å². The molecule has 1 N–H and O–H groups in total. The van der Waals surface area contributed by atoms with Crippen LogP contribution in [0.3, 0.4) is 0 Å². The van der Waals surface area contributed by atoms with E-state index in [1.807, 2.05) is 0 Å². The van der Waals surface area contributed by atoms with Gasteiger partial charge in [-0.2, -0.15) is 0 Å². The average Bonchev–Trinajstić information content (AvgIpc) is 3.17. The van der Waals surface area contributed by atoms with E-state index in [1.54, 1.807) is 35.2 Å². The summed E-state index contributed by atoms with van der Waals surface area (Å²) in [6.07, 6.45) is 8.20. The van der Waals surface area contributed by atoms with Crippen LogP contribution in [0.15, 0.2) is 46.2 Å². The molecule has 1 aromatic carbocycles. The van der Waals surface area contributed by atoms with Crippen LogP contribution < -0.4 is 11.1 Å². The Morgan fingerprint density at radius 1 is 1.08 bits per heavy atom. The van der Waals surface area contributed by atoms with E-state index in [1.165, 1.54) is 10.6 Å². The Balaban J connectivity index is 2.05. The summed E-state index contributed by atoms with van der Waals surface area (Å²) in [5, 5.41) is 11.5. The van der Waals surface area contributed by atoms with E-state index >= 15 is 0 Å². The van der Waals surface area contributed by atoms with Crippen LogP contribution in [0.5, 0.6) is 0 Å². The number of fused-ring (bicyclic) bond motifs is 1. The molecule has 0 saturated heterocycles. The zero-order valence-electron chi connectivity index (χ0n) is 14.1. The summed E-state index contributed by atoms with van der Waals surface area (Å²) in [5.74, 6) is 0. The maximum atomic E-state index is 12.6. The second-order valence-electron chi connectivity index (χ2n) is 6.63. The molecule has 0 spiro atoms. The van der Waals surface area contributed by atoms with Gasteiger partial charge in [-0.1, -0.05) is 19.3 Å². The molecule has 8 heteroatoms. The standard InChI is InChI=1S/C18H18N4O4/c23-17-18(24)21(12-6-2-1-3-7-12)14-11-15(20-8-4-5-9-20)16(22(25)26)10-13(14)19-17/h4-5,8-12H,1-3,6-7H2,(H,19,23). The number of nitro benzene ring substituents is 1. The van der Waals surface area contributed by atoms with Crippen molar-refractivity contribution in [3.8, 4) is 5.69 Å². The van der Waals surface area contributed by atoms with Crippen molar-refractivity contribution in [3.63, 3.8) is 0 Å². The van der Waals surface area contributed by atoms with Gasteiger partial charge >= 0.3 is 11.1 Å². The number of aromatic amines is 1. The summed E-state index contributed by atoms with van der Waals surface area (Å²) >= 11 is 0. The lowest BCUT2D eigenvalue weighted by molar-refractivity contribution is -0.384. The summed E-state index contributed by atoms with van der Waals surface area (Å²) in [4.78, 5) is 38.3. The van der Waals surface area contributed by atoms with Crippen LogP contribution in [0.1, 0.15) is 38.1 Å². The van der Waals surface area contributed by atoms with Crippen molar-refractivity contribution in [1.82, 2.24) is 14.1 Å². The maximum absolute atomic E-state index is 12.6. The van der Waals surface area contributed by atoms with Crippen molar-refractivity contribution in [2.24, 2.45) is 0 Å². The second kappa shape index (κ2) is 6.29. The van der Waals surface area contributed by atoms with Gasteiger partial charge in [0.05, 0.1) is 16.0 Å². The largest absolute Gasteiger partial charge is 0.318 e. The number of hydrogen-bond acceptors (Lipinski definition) is 4. The normalized spacial score (nSPS) is 15.4. The van der Waals surface area contributed by atoms with E-state index in [0.717, 1.165) is 32.1 Å². The number of nitro groups is 1. The van der Waals surface area contributed by atoms with Crippen LogP contribution in [0.4, 0.5) is 5.69 Å². The first-order valence-electron chi connectivity index (χ1n) is 8.66. The fourth-order valence-corrected chi connectivity index (χ4v) is 3.81. The minimum Gasteiger partial charge on any atom is -0.318 e. The van der Waals surface area contributed by atoms with Gasteiger partial charge in [0.25, 0.3) is 5.69 Å². The molecule has 4 rings (SSSR count). The Kier molecular flexibility index (Phi) is 3.95.